The number of hydrogen-bond donors (Lipinski definition) is 0. The van der Waals surface area contributed by atoms with Crippen molar-refractivity contribution in [2.24, 2.45) is 4.99 Å². The lowest BCUT2D eigenvalue weighted by Gasteiger charge is -2.21. The zero-order chi connectivity index (χ0) is 17.3. The van der Waals surface area contributed by atoms with Gasteiger partial charge in [0.1, 0.15) is 0 Å². The van der Waals surface area contributed by atoms with Crippen LogP contribution in [0.15, 0.2) is 17.1 Å². The van der Waals surface area contributed by atoms with Gasteiger partial charge in [-0.1, -0.05) is 89.7 Å². The SMILES string of the molecule is CCCCCCCCCCCCCCC=CCC(C)N1C=NCC1. The topological polar surface area (TPSA) is 15.6 Å². The molecule has 0 saturated carbocycles. The van der Waals surface area contributed by atoms with Crippen LogP contribution >= 0.6 is 0 Å². The molecule has 1 aliphatic rings. The van der Waals surface area contributed by atoms with Crippen LogP contribution < -0.4 is 0 Å². The van der Waals surface area contributed by atoms with Gasteiger partial charge in [0.25, 0.3) is 0 Å². The average Bonchev–Trinajstić information content (AvgIpc) is 3.13. The molecule has 0 aromatic carbocycles. The fourth-order valence-corrected chi connectivity index (χ4v) is 3.38. The fraction of sp³-hybridized carbons (Fsp3) is 0.864. The molecule has 1 atom stereocenters. The number of hydrogen-bond acceptors (Lipinski definition) is 2. The Hall–Kier alpha value is -0.790. The molecule has 0 aliphatic carbocycles. The first-order chi connectivity index (χ1) is 11.8. The van der Waals surface area contributed by atoms with Crippen LogP contribution in [0.25, 0.3) is 0 Å². The van der Waals surface area contributed by atoms with Crippen molar-refractivity contribution < 1.29 is 0 Å². The largest absolute Gasteiger partial charge is 0.358 e. The van der Waals surface area contributed by atoms with E-state index < -0.39 is 0 Å². The van der Waals surface area contributed by atoms with E-state index in [-0.39, 0.29) is 0 Å². The van der Waals surface area contributed by atoms with Crippen molar-refractivity contribution in [1.29, 1.82) is 0 Å². The second-order valence-electron chi connectivity index (χ2n) is 7.49. The van der Waals surface area contributed by atoms with Gasteiger partial charge >= 0.3 is 0 Å². The summed E-state index contributed by atoms with van der Waals surface area (Å²) in [5.74, 6) is 0. The van der Waals surface area contributed by atoms with Crippen molar-refractivity contribution in [3.05, 3.63) is 12.2 Å². The van der Waals surface area contributed by atoms with E-state index in [1.54, 1.807) is 0 Å². The molecule has 0 fully saturated rings. The Morgan fingerprint density at radius 2 is 1.46 bits per heavy atom. The highest BCUT2D eigenvalue weighted by Crippen LogP contribution is 2.13. The van der Waals surface area contributed by atoms with E-state index in [9.17, 15) is 0 Å². The molecule has 24 heavy (non-hydrogen) atoms. The van der Waals surface area contributed by atoms with E-state index in [0.717, 1.165) is 19.5 Å². The third kappa shape index (κ3) is 11.7. The molecule has 1 rings (SSSR count). The maximum Gasteiger partial charge on any atom is 0.0853 e. The third-order valence-corrected chi connectivity index (χ3v) is 5.15. The van der Waals surface area contributed by atoms with Crippen LogP contribution in [0.4, 0.5) is 0 Å². The molecule has 1 heterocycles. The van der Waals surface area contributed by atoms with Gasteiger partial charge < -0.3 is 4.90 Å². The second kappa shape index (κ2) is 15.7. The standard InChI is InChI=1S/C22H42N2/c1-3-4-5-6-7-8-9-10-11-12-13-14-15-16-17-18-22(2)24-20-19-23-21-24/h16-17,21-22H,3-15,18-20H2,1-2H3. The molecule has 0 saturated heterocycles. The van der Waals surface area contributed by atoms with Gasteiger partial charge in [-0.2, -0.15) is 0 Å². The first-order valence-corrected chi connectivity index (χ1v) is 10.7. The monoisotopic (exact) mass is 334 g/mol. The summed E-state index contributed by atoms with van der Waals surface area (Å²) in [5.41, 5.74) is 0. The molecular formula is C22H42N2. The Balaban J connectivity index is 1.77. The van der Waals surface area contributed by atoms with E-state index in [1.165, 1.54) is 83.5 Å². The maximum absolute atomic E-state index is 4.28. The summed E-state index contributed by atoms with van der Waals surface area (Å²) < 4.78 is 0. The summed E-state index contributed by atoms with van der Waals surface area (Å²) in [5, 5.41) is 0. The van der Waals surface area contributed by atoms with Crippen LogP contribution in [0.1, 0.15) is 104 Å². The zero-order valence-electron chi connectivity index (χ0n) is 16.5. The lowest BCUT2D eigenvalue weighted by molar-refractivity contribution is 0.367. The smallest absolute Gasteiger partial charge is 0.0853 e. The normalized spacial score (nSPS) is 15.7. The minimum absolute atomic E-state index is 0.606. The highest BCUT2D eigenvalue weighted by Gasteiger charge is 2.11. The van der Waals surface area contributed by atoms with Crippen molar-refractivity contribution in [2.75, 3.05) is 13.1 Å². The number of allylic oxidation sites excluding steroid dienone is 1. The van der Waals surface area contributed by atoms with Gasteiger partial charge in [-0.25, -0.2) is 0 Å². The highest BCUT2D eigenvalue weighted by molar-refractivity contribution is 5.57. The molecule has 0 N–H and O–H groups in total. The Morgan fingerprint density at radius 1 is 0.875 bits per heavy atom. The van der Waals surface area contributed by atoms with Crippen LogP contribution in [0.2, 0.25) is 0 Å². The Kier molecular flexibility index (Phi) is 13.9. The number of rotatable bonds is 16. The molecule has 1 aliphatic heterocycles. The van der Waals surface area contributed by atoms with Gasteiger partial charge in [-0.05, 0) is 26.2 Å². The molecule has 0 aromatic rings. The summed E-state index contributed by atoms with van der Waals surface area (Å²) in [6, 6.07) is 0.606. The van der Waals surface area contributed by atoms with Crippen molar-refractivity contribution >= 4 is 6.34 Å². The van der Waals surface area contributed by atoms with Crippen LogP contribution in [0.5, 0.6) is 0 Å². The van der Waals surface area contributed by atoms with Crippen LogP contribution in [0, 0.1) is 0 Å². The quantitative estimate of drug-likeness (QED) is 0.225. The van der Waals surface area contributed by atoms with E-state index in [2.05, 4.69) is 35.9 Å². The van der Waals surface area contributed by atoms with Crippen LogP contribution in [-0.4, -0.2) is 30.4 Å². The maximum atomic E-state index is 4.28. The predicted molar refractivity (Wildman–Crippen MR) is 109 cm³/mol. The van der Waals surface area contributed by atoms with Gasteiger partial charge in [0, 0.05) is 12.6 Å². The minimum atomic E-state index is 0.606. The van der Waals surface area contributed by atoms with Crippen molar-refractivity contribution in [1.82, 2.24) is 4.90 Å². The summed E-state index contributed by atoms with van der Waals surface area (Å²) in [4.78, 5) is 6.64. The van der Waals surface area contributed by atoms with Crippen LogP contribution in [-0.2, 0) is 0 Å². The number of aliphatic imine (C=N–C) groups is 1. The van der Waals surface area contributed by atoms with Gasteiger partial charge in [0.2, 0.25) is 0 Å². The van der Waals surface area contributed by atoms with Gasteiger partial charge in [0.15, 0.2) is 0 Å². The first kappa shape index (κ1) is 21.3. The molecular weight excluding hydrogens is 292 g/mol. The zero-order valence-corrected chi connectivity index (χ0v) is 16.5. The molecule has 0 radical (unpaired) electrons. The Morgan fingerprint density at radius 3 is 2.00 bits per heavy atom. The molecule has 0 spiro atoms. The van der Waals surface area contributed by atoms with E-state index in [0.29, 0.717) is 6.04 Å². The van der Waals surface area contributed by atoms with E-state index in [4.69, 9.17) is 0 Å². The minimum Gasteiger partial charge on any atom is -0.358 e. The summed E-state index contributed by atoms with van der Waals surface area (Å²) in [6.07, 6.45) is 26.4. The molecule has 140 valence electrons. The third-order valence-electron chi connectivity index (χ3n) is 5.15. The lowest BCUT2D eigenvalue weighted by Crippen LogP contribution is -2.29. The molecule has 2 nitrogen and oxygen atoms in total. The molecule has 1 unspecified atom stereocenters. The number of nitrogens with zero attached hydrogens (tertiary/aromatic N) is 2. The van der Waals surface area contributed by atoms with Crippen molar-refractivity contribution in [2.45, 2.75) is 110 Å². The van der Waals surface area contributed by atoms with Gasteiger partial charge in [-0.15, -0.1) is 0 Å². The first-order valence-electron chi connectivity index (χ1n) is 10.7. The predicted octanol–water partition coefficient (Wildman–Crippen LogP) is 6.76. The molecule has 0 aromatic heterocycles. The number of unbranched alkanes of at least 4 members (excludes halogenated alkanes) is 12. The van der Waals surface area contributed by atoms with Gasteiger partial charge in [-0.3, -0.25) is 4.99 Å². The van der Waals surface area contributed by atoms with Gasteiger partial charge in [0.05, 0.1) is 12.9 Å². The van der Waals surface area contributed by atoms with E-state index >= 15 is 0 Å². The van der Waals surface area contributed by atoms with Crippen molar-refractivity contribution in [3.8, 4) is 0 Å². The summed E-state index contributed by atoms with van der Waals surface area (Å²) in [6.45, 7) is 6.67. The Bertz CT molecular complexity index is 322. The average molecular weight is 335 g/mol. The lowest BCUT2D eigenvalue weighted by atomic mass is 10.0. The van der Waals surface area contributed by atoms with Crippen LogP contribution in [0.3, 0.4) is 0 Å². The molecule has 0 bridgehead atoms. The second-order valence-corrected chi connectivity index (χ2v) is 7.49. The van der Waals surface area contributed by atoms with E-state index in [1.807, 2.05) is 6.34 Å². The fourth-order valence-electron chi connectivity index (χ4n) is 3.38. The summed E-state index contributed by atoms with van der Waals surface area (Å²) in [7, 11) is 0. The highest BCUT2D eigenvalue weighted by atomic mass is 15.2. The Labute approximate surface area is 151 Å². The molecule has 2 heteroatoms. The summed E-state index contributed by atoms with van der Waals surface area (Å²) >= 11 is 0. The molecule has 0 amide bonds. The van der Waals surface area contributed by atoms with Crippen molar-refractivity contribution in [3.63, 3.8) is 0 Å².